The van der Waals surface area contributed by atoms with Crippen molar-refractivity contribution < 1.29 is 5.11 Å². The fourth-order valence-electron chi connectivity index (χ4n) is 1.36. The molecule has 0 saturated heterocycles. The first-order chi connectivity index (χ1) is 7.16. The van der Waals surface area contributed by atoms with Crippen LogP contribution in [0.15, 0.2) is 42.5 Å². The van der Waals surface area contributed by atoms with Crippen molar-refractivity contribution in [3.63, 3.8) is 0 Å². The highest BCUT2D eigenvalue weighted by atomic mass is 127. The smallest absolute Gasteiger partial charge is 0.115 e. The Bertz CT molecular complexity index is 479. The van der Waals surface area contributed by atoms with E-state index in [0.29, 0.717) is 0 Å². The molecule has 0 unspecified atom stereocenters. The van der Waals surface area contributed by atoms with Crippen LogP contribution < -0.4 is 0 Å². The predicted molar refractivity (Wildman–Crippen MR) is 71.3 cm³/mol. The zero-order chi connectivity index (χ0) is 10.8. The van der Waals surface area contributed by atoms with E-state index in [9.17, 15) is 5.11 Å². The van der Waals surface area contributed by atoms with Crippen LogP contribution in [0.3, 0.4) is 0 Å². The van der Waals surface area contributed by atoms with Gasteiger partial charge in [0.15, 0.2) is 0 Å². The molecule has 1 N–H and O–H groups in total. The maximum absolute atomic E-state index is 9.19. The summed E-state index contributed by atoms with van der Waals surface area (Å²) in [5.74, 6) is 0.264. The Morgan fingerprint density at radius 3 is 2.33 bits per heavy atom. The van der Waals surface area contributed by atoms with Crippen LogP contribution >= 0.6 is 34.2 Å². The lowest BCUT2D eigenvalue weighted by molar-refractivity contribution is 0.475. The summed E-state index contributed by atoms with van der Waals surface area (Å²) in [7, 11) is 0. The molecule has 2 rings (SSSR count). The zero-order valence-corrected chi connectivity index (χ0v) is 10.7. The van der Waals surface area contributed by atoms with Crippen LogP contribution in [0.5, 0.6) is 5.75 Å². The number of rotatable bonds is 1. The van der Waals surface area contributed by atoms with Crippen LogP contribution in [0.25, 0.3) is 11.1 Å². The highest BCUT2D eigenvalue weighted by Gasteiger charge is 2.03. The van der Waals surface area contributed by atoms with E-state index in [1.165, 1.54) is 0 Å². The molecule has 0 atom stereocenters. The Kier molecular flexibility index (Phi) is 3.17. The molecule has 1 nitrogen and oxygen atoms in total. The Labute approximate surface area is 107 Å². The number of phenolic OH excluding ortho intramolecular Hbond substituents is 1. The maximum Gasteiger partial charge on any atom is 0.115 e. The van der Waals surface area contributed by atoms with Crippen molar-refractivity contribution in [3.05, 3.63) is 51.1 Å². The normalized spacial score (nSPS) is 10.3. The van der Waals surface area contributed by atoms with Crippen molar-refractivity contribution in [1.29, 1.82) is 0 Å². The molecule has 0 aliphatic heterocycles. The minimum absolute atomic E-state index is 0.264. The summed E-state index contributed by atoms with van der Waals surface area (Å²) in [5.41, 5.74) is 2.00. The highest BCUT2D eigenvalue weighted by Crippen LogP contribution is 2.30. The number of hydrogen-bond acceptors (Lipinski definition) is 1. The second-order valence-corrected chi connectivity index (χ2v) is 4.82. The minimum Gasteiger partial charge on any atom is -0.508 e. The van der Waals surface area contributed by atoms with Gasteiger partial charge in [0.2, 0.25) is 0 Å². The summed E-state index contributed by atoms with van der Waals surface area (Å²) < 4.78 is 1.14. The third kappa shape index (κ3) is 2.44. The van der Waals surface area contributed by atoms with E-state index >= 15 is 0 Å². The van der Waals surface area contributed by atoms with Gasteiger partial charge in [0.25, 0.3) is 0 Å². The number of aromatic hydroxyl groups is 1. The van der Waals surface area contributed by atoms with Gasteiger partial charge in [-0.15, -0.1) is 0 Å². The lowest BCUT2D eigenvalue weighted by Gasteiger charge is -2.05. The second-order valence-electron chi connectivity index (χ2n) is 3.17. The quantitative estimate of drug-likeness (QED) is 0.772. The topological polar surface area (TPSA) is 20.2 Å². The minimum atomic E-state index is 0.264. The molecule has 0 aromatic heterocycles. The molecule has 2 aromatic rings. The van der Waals surface area contributed by atoms with Crippen LogP contribution in [-0.2, 0) is 0 Å². The Morgan fingerprint density at radius 1 is 1.00 bits per heavy atom. The molecule has 0 spiro atoms. The van der Waals surface area contributed by atoms with Gasteiger partial charge in [-0.25, -0.2) is 0 Å². The second kappa shape index (κ2) is 4.41. The van der Waals surface area contributed by atoms with Crippen molar-refractivity contribution in [3.8, 4) is 16.9 Å². The molecule has 0 radical (unpaired) electrons. The first kappa shape index (κ1) is 10.8. The van der Waals surface area contributed by atoms with Gasteiger partial charge in [0.1, 0.15) is 5.75 Å². The van der Waals surface area contributed by atoms with Gasteiger partial charge in [-0.2, -0.15) is 0 Å². The maximum atomic E-state index is 9.19. The van der Waals surface area contributed by atoms with Crippen molar-refractivity contribution in [2.75, 3.05) is 0 Å². The van der Waals surface area contributed by atoms with Crippen molar-refractivity contribution in [2.24, 2.45) is 0 Å². The van der Waals surface area contributed by atoms with Gasteiger partial charge >= 0.3 is 0 Å². The number of halogens is 2. The fourth-order valence-corrected chi connectivity index (χ4v) is 2.08. The lowest BCUT2D eigenvalue weighted by Crippen LogP contribution is -1.80. The molecular formula is C12H8ClIO. The summed E-state index contributed by atoms with van der Waals surface area (Å²) >= 11 is 8.35. The first-order valence-corrected chi connectivity index (χ1v) is 5.87. The highest BCUT2D eigenvalue weighted by molar-refractivity contribution is 14.1. The molecule has 2 aromatic carbocycles. The summed E-state index contributed by atoms with van der Waals surface area (Å²) in [5, 5.41) is 9.92. The molecule has 76 valence electrons. The fraction of sp³-hybridized carbons (Fsp3) is 0. The first-order valence-electron chi connectivity index (χ1n) is 4.41. The molecule has 0 fully saturated rings. The van der Waals surface area contributed by atoms with E-state index in [1.54, 1.807) is 12.1 Å². The van der Waals surface area contributed by atoms with Gasteiger partial charge in [-0.05, 0) is 58.5 Å². The van der Waals surface area contributed by atoms with Gasteiger partial charge < -0.3 is 5.11 Å². The predicted octanol–water partition coefficient (Wildman–Crippen LogP) is 4.32. The third-order valence-electron chi connectivity index (χ3n) is 2.11. The molecule has 0 heterocycles. The summed E-state index contributed by atoms with van der Waals surface area (Å²) in [6, 6.07) is 12.9. The monoisotopic (exact) mass is 330 g/mol. The summed E-state index contributed by atoms with van der Waals surface area (Å²) in [6.07, 6.45) is 0. The number of phenols is 1. The van der Waals surface area contributed by atoms with Gasteiger partial charge in [-0.1, -0.05) is 23.7 Å². The van der Waals surface area contributed by atoms with Crippen molar-refractivity contribution >= 4 is 34.2 Å². The van der Waals surface area contributed by atoms with Crippen LogP contribution in [0, 0.1) is 3.57 Å². The van der Waals surface area contributed by atoms with Crippen LogP contribution in [-0.4, -0.2) is 5.11 Å². The van der Waals surface area contributed by atoms with Gasteiger partial charge in [0, 0.05) is 14.2 Å². The van der Waals surface area contributed by atoms with E-state index in [1.807, 2.05) is 30.3 Å². The molecule has 3 heteroatoms. The van der Waals surface area contributed by atoms with E-state index in [4.69, 9.17) is 11.6 Å². The zero-order valence-electron chi connectivity index (χ0n) is 7.74. The Hall–Kier alpha value is -0.740. The summed E-state index contributed by atoms with van der Waals surface area (Å²) in [6.45, 7) is 0. The average molecular weight is 331 g/mol. The molecule has 0 aliphatic rings. The van der Waals surface area contributed by atoms with Crippen LogP contribution in [0.4, 0.5) is 0 Å². The largest absolute Gasteiger partial charge is 0.508 e. The molecule has 0 bridgehead atoms. The molecule has 0 aliphatic carbocycles. The van der Waals surface area contributed by atoms with E-state index in [0.717, 1.165) is 19.7 Å². The summed E-state index contributed by atoms with van der Waals surface area (Å²) in [4.78, 5) is 0. The molecule has 15 heavy (non-hydrogen) atoms. The number of benzene rings is 2. The number of hydrogen-bond donors (Lipinski definition) is 1. The third-order valence-corrected chi connectivity index (χ3v) is 3.11. The lowest BCUT2D eigenvalue weighted by atomic mass is 10.1. The molecular weight excluding hydrogens is 322 g/mol. The Balaban J connectivity index is 2.53. The van der Waals surface area contributed by atoms with Crippen molar-refractivity contribution in [2.45, 2.75) is 0 Å². The van der Waals surface area contributed by atoms with Crippen molar-refractivity contribution in [1.82, 2.24) is 0 Å². The molecule has 0 amide bonds. The van der Waals surface area contributed by atoms with E-state index in [-0.39, 0.29) is 5.75 Å². The van der Waals surface area contributed by atoms with Crippen LogP contribution in [0.1, 0.15) is 0 Å². The van der Waals surface area contributed by atoms with E-state index < -0.39 is 0 Å². The van der Waals surface area contributed by atoms with Gasteiger partial charge in [0.05, 0.1) is 0 Å². The SMILES string of the molecule is Oc1ccc(-c2cc(I)ccc2Cl)cc1. The average Bonchev–Trinajstić information content (AvgIpc) is 2.23. The molecule has 0 saturated carbocycles. The van der Waals surface area contributed by atoms with Crippen LogP contribution in [0.2, 0.25) is 5.02 Å². The Morgan fingerprint density at radius 2 is 1.67 bits per heavy atom. The van der Waals surface area contributed by atoms with E-state index in [2.05, 4.69) is 22.6 Å². The van der Waals surface area contributed by atoms with Gasteiger partial charge in [-0.3, -0.25) is 0 Å². The standard InChI is InChI=1S/C12H8ClIO/c13-12-6-3-9(14)7-11(12)8-1-4-10(15)5-2-8/h1-7,15H.